The number of hydrogen-bond acceptors (Lipinski definition) is 2. The maximum Gasteiger partial charge on any atom is 0.147 e. The van der Waals surface area contributed by atoms with Crippen molar-refractivity contribution < 1.29 is 0 Å². The summed E-state index contributed by atoms with van der Waals surface area (Å²) in [6, 6.07) is 2.24. The lowest BCUT2D eigenvalue weighted by molar-refractivity contribution is 0.616. The SMILES string of the molecule is ClCC1CCCCCN1c1ncc(Br)cc1Cl. The quantitative estimate of drug-likeness (QED) is 0.739. The molecule has 0 aromatic carbocycles. The maximum absolute atomic E-state index is 6.26. The first kappa shape index (κ1) is 13.4. The Hall–Kier alpha value is 0.01000. The Balaban J connectivity index is 2.28. The van der Waals surface area contributed by atoms with Crippen molar-refractivity contribution in [1.29, 1.82) is 0 Å². The Kier molecular flexibility index (Phi) is 4.95. The summed E-state index contributed by atoms with van der Waals surface area (Å²) in [7, 11) is 0. The number of pyridine rings is 1. The molecule has 0 spiro atoms. The van der Waals surface area contributed by atoms with E-state index in [4.69, 9.17) is 23.2 Å². The summed E-state index contributed by atoms with van der Waals surface area (Å²) in [4.78, 5) is 6.69. The summed E-state index contributed by atoms with van der Waals surface area (Å²) in [6.45, 7) is 0.992. The van der Waals surface area contributed by atoms with Gasteiger partial charge in [-0.15, -0.1) is 11.6 Å². The van der Waals surface area contributed by atoms with E-state index < -0.39 is 0 Å². The molecule has 0 amide bonds. The van der Waals surface area contributed by atoms with E-state index in [1.807, 2.05) is 6.07 Å². The zero-order chi connectivity index (χ0) is 12.3. The van der Waals surface area contributed by atoms with Crippen LogP contribution >= 0.6 is 39.1 Å². The molecule has 1 fully saturated rings. The number of aromatic nitrogens is 1. The van der Waals surface area contributed by atoms with Crippen LogP contribution in [0.15, 0.2) is 16.7 Å². The van der Waals surface area contributed by atoms with Gasteiger partial charge < -0.3 is 4.90 Å². The highest BCUT2D eigenvalue weighted by atomic mass is 79.9. The smallest absolute Gasteiger partial charge is 0.147 e. The van der Waals surface area contributed by atoms with Gasteiger partial charge in [-0.05, 0) is 34.8 Å². The molecule has 0 radical (unpaired) electrons. The molecule has 94 valence electrons. The van der Waals surface area contributed by atoms with Gasteiger partial charge in [0.05, 0.1) is 5.02 Å². The lowest BCUT2D eigenvalue weighted by Crippen LogP contribution is -2.37. The van der Waals surface area contributed by atoms with Crippen LogP contribution in [0.5, 0.6) is 0 Å². The fourth-order valence-corrected chi connectivity index (χ4v) is 3.29. The van der Waals surface area contributed by atoms with Gasteiger partial charge in [0.2, 0.25) is 0 Å². The van der Waals surface area contributed by atoms with Crippen LogP contribution in [0.25, 0.3) is 0 Å². The highest BCUT2D eigenvalue weighted by Crippen LogP contribution is 2.30. The molecule has 0 N–H and O–H groups in total. The molecular formula is C12H15BrCl2N2. The summed E-state index contributed by atoms with van der Waals surface area (Å²) >= 11 is 15.7. The molecule has 1 aliphatic heterocycles. The van der Waals surface area contributed by atoms with Gasteiger partial charge in [-0.2, -0.15) is 0 Å². The second-order valence-corrected chi connectivity index (χ2v) is 5.94. The van der Waals surface area contributed by atoms with E-state index in [0.717, 1.165) is 23.3 Å². The molecule has 0 aliphatic carbocycles. The standard InChI is InChI=1S/C12H15BrCl2N2/c13-9-6-11(15)12(16-8-9)17-5-3-1-2-4-10(17)7-14/h6,8,10H,1-5,7H2. The minimum absolute atomic E-state index is 0.352. The molecular weight excluding hydrogens is 323 g/mol. The second-order valence-electron chi connectivity index (χ2n) is 4.31. The molecule has 1 aromatic heterocycles. The van der Waals surface area contributed by atoms with Gasteiger partial charge in [-0.25, -0.2) is 4.98 Å². The minimum Gasteiger partial charge on any atom is -0.351 e. The Bertz CT molecular complexity index is 387. The summed E-state index contributed by atoms with van der Waals surface area (Å²) in [5, 5.41) is 0.691. The lowest BCUT2D eigenvalue weighted by atomic mass is 10.1. The summed E-state index contributed by atoms with van der Waals surface area (Å²) in [5.41, 5.74) is 0. The van der Waals surface area contributed by atoms with Crippen LogP contribution in [0.2, 0.25) is 5.02 Å². The molecule has 1 unspecified atom stereocenters. The van der Waals surface area contributed by atoms with E-state index in [1.165, 1.54) is 19.3 Å². The molecule has 1 saturated heterocycles. The number of alkyl halides is 1. The molecule has 0 bridgehead atoms. The van der Waals surface area contributed by atoms with E-state index in [2.05, 4.69) is 25.8 Å². The monoisotopic (exact) mass is 336 g/mol. The van der Waals surface area contributed by atoms with Crippen molar-refractivity contribution in [3.8, 4) is 0 Å². The largest absolute Gasteiger partial charge is 0.351 e. The number of halogens is 3. The number of hydrogen-bond donors (Lipinski definition) is 0. The molecule has 5 heteroatoms. The first-order chi connectivity index (χ1) is 8.22. The van der Waals surface area contributed by atoms with Crippen molar-refractivity contribution in [2.45, 2.75) is 31.7 Å². The molecule has 2 heterocycles. The van der Waals surface area contributed by atoms with Crippen LogP contribution in [0, 0.1) is 0 Å². The summed E-state index contributed by atoms with van der Waals surface area (Å²) in [5.74, 6) is 1.50. The van der Waals surface area contributed by atoms with Crippen molar-refractivity contribution >= 4 is 44.9 Å². The fourth-order valence-electron chi connectivity index (χ4n) is 2.24. The van der Waals surface area contributed by atoms with Crippen molar-refractivity contribution in [3.63, 3.8) is 0 Å². The highest BCUT2D eigenvalue weighted by molar-refractivity contribution is 9.10. The maximum atomic E-state index is 6.26. The number of rotatable bonds is 2. The molecule has 2 nitrogen and oxygen atoms in total. The predicted molar refractivity (Wildman–Crippen MR) is 77.3 cm³/mol. The lowest BCUT2D eigenvalue weighted by Gasteiger charge is -2.30. The first-order valence-electron chi connectivity index (χ1n) is 5.86. The topological polar surface area (TPSA) is 16.1 Å². The predicted octanol–water partition coefficient (Wildman–Crippen LogP) is 4.49. The Morgan fingerprint density at radius 3 is 2.94 bits per heavy atom. The van der Waals surface area contributed by atoms with Gasteiger partial charge in [0.1, 0.15) is 5.82 Å². The average molecular weight is 338 g/mol. The third kappa shape index (κ3) is 3.27. The van der Waals surface area contributed by atoms with Crippen LogP contribution in [-0.2, 0) is 0 Å². The Morgan fingerprint density at radius 2 is 2.24 bits per heavy atom. The third-order valence-electron chi connectivity index (χ3n) is 3.12. The van der Waals surface area contributed by atoms with Gasteiger partial charge in [0.15, 0.2) is 0 Å². The van der Waals surface area contributed by atoms with Crippen molar-refractivity contribution in [2.24, 2.45) is 0 Å². The Labute approximate surface area is 120 Å². The summed E-state index contributed by atoms with van der Waals surface area (Å²) in [6.07, 6.45) is 6.59. The fraction of sp³-hybridized carbons (Fsp3) is 0.583. The van der Waals surface area contributed by atoms with Crippen molar-refractivity contribution in [2.75, 3.05) is 17.3 Å². The van der Waals surface area contributed by atoms with Crippen molar-refractivity contribution in [3.05, 3.63) is 21.8 Å². The van der Waals surface area contributed by atoms with Gasteiger partial charge in [-0.1, -0.05) is 24.4 Å². The zero-order valence-corrected chi connectivity index (χ0v) is 12.6. The third-order valence-corrected chi connectivity index (χ3v) is 4.18. The van der Waals surface area contributed by atoms with Crippen LogP contribution < -0.4 is 4.90 Å². The van der Waals surface area contributed by atoms with Gasteiger partial charge in [0.25, 0.3) is 0 Å². The van der Waals surface area contributed by atoms with Crippen LogP contribution in [-0.4, -0.2) is 23.5 Å². The number of anilines is 1. The molecule has 1 atom stereocenters. The first-order valence-corrected chi connectivity index (χ1v) is 7.56. The molecule has 1 aromatic rings. The molecule has 0 saturated carbocycles. The van der Waals surface area contributed by atoms with Crippen LogP contribution in [0.4, 0.5) is 5.82 Å². The average Bonchev–Trinajstić information content (AvgIpc) is 2.54. The molecule has 1 aliphatic rings. The van der Waals surface area contributed by atoms with Crippen LogP contribution in [0.3, 0.4) is 0 Å². The highest BCUT2D eigenvalue weighted by Gasteiger charge is 2.23. The summed E-state index contributed by atoms with van der Waals surface area (Å²) < 4.78 is 0.906. The minimum atomic E-state index is 0.352. The van der Waals surface area contributed by atoms with E-state index in [-0.39, 0.29) is 0 Å². The number of nitrogens with zero attached hydrogens (tertiary/aromatic N) is 2. The van der Waals surface area contributed by atoms with E-state index in [0.29, 0.717) is 16.9 Å². The Morgan fingerprint density at radius 1 is 1.41 bits per heavy atom. The van der Waals surface area contributed by atoms with E-state index >= 15 is 0 Å². The second kappa shape index (κ2) is 6.26. The van der Waals surface area contributed by atoms with Gasteiger partial charge in [-0.3, -0.25) is 0 Å². The van der Waals surface area contributed by atoms with Crippen molar-refractivity contribution in [1.82, 2.24) is 4.98 Å². The van der Waals surface area contributed by atoms with Gasteiger partial charge in [0, 0.05) is 29.1 Å². The van der Waals surface area contributed by atoms with Gasteiger partial charge >= 0.3 is 0 Å². The zero-order valence-electron chi connectivity index (χ0n) is 9.50. The molecule has 17 heavy (non-hydrogen) atoms. The van der Waals surface area contributed by atoms with E-state index in [1.54, 1.807) is 6.20 Å². The van der Waals surface area contributed by atoms with Crippen LogP contribution in [0.1, 0.15) is 25.7 Å². The normalized spacial score (nSPS) is 21.4. The van der Waals surface area contributed by atoms with E-state index in [9.17, 15) is 0 Å². The molecule has 2 rings (SSSR count).